The minimum atomic E-state index is -0.0360. The van der Waals surface area contributed by atoms with Crippen LogP contribution in [0.1, 0.15) is 20.3 Å². The largest absolute Gasteiger partial charge is 0.396 e. The Morgan fingerprint density at radius 1 is 1.69 bits per heavy atom. The molecule has 0 aliphatic carbocycles. The van der Waals surface area contributed by atoms with Gasteiger partial charge in [0.2, 0.25) is 0 Å². The number of nitrogens with one attached hydrogen (secondary N) is 1. The van der Waals surface area contributed by atoms with Crippen molar-refractivity contribution < 1.29 is 5.11 Å². The van der Waals surface area contributed by atoms with Crippen LogP contribution in [0, 0.1) is 5.41 Å². The molecule has 1 atom stereocenters. The first kappa shape index (κ1) is 10.5. The standard InChI is InChI=1S/C9H16N2OS/c1-3-9(2,7-12)6-11-8-10-4-5-13-8/h4-5,12H,3,6-7H2,1-2H3,(H,10,11). The first-order chi connectivity index (χ1) is 6.20. The van der Waals surface area contributed by atoms with Crippen LogP contribution in [-0.4, -0.2) is 23.2 Å². The minimum absolute atomic E-state index is 0.0360. The van der Waals surface area contributed by atoms with E-state index in [2.05, 4.69) is 24.1 Å². The zero-order valence-corrected chi connectivity index (χ0v) is 8.90. The first-order valence-electron chi connectivity index (χ1n) is 4.44. The van der Waals surface area contributed by atoms with Crippen molar-refractivity contribution in [1.29, 1.82) is 0 Å². The summed E-state index contributed by atoms with van der Waals surface area (Å²) < 4.78 is 0. The van der Waals surface area contributed by atoms with E-state index in [-0.39, 0.29) is 12.0 Å². The number of thiazole rings is 1. The Bertz CT molecular complexity index is 232. The van der Waals surface area contributed by atoms with E-state index in [0.717, 1.165) is 18.1 Å². The smallest absolute Gasteiger partial charge is 0.182 e. The van der Waals surface area contributed by atoms with Crippen molar-refractivity contribution in [3.63, 3.8) is 0 Å². The molecule has 1 heterocycles. The number of aromatic nitrogens is 1. The first-order valence-corrected chi connectivity index (χ1v) is 5.32. The maximum atomic E-state index is 9.16. The third kappa shape index (κ3) is 2.97. The molecule has 13 heavy (non-hydrogen) atoms. The highest BCUT2D eigenvalue weighted by Gasteiger charge is 2.20. The fourth-order valence-electron chi connectivity index (χ4n) is 0.892. The lowest BCUT2D eigenvalue weighted by atomic mass is 9.89. The van der Waals surface area contributed by atoms with Crippen LogP contribution < -0.4 is 5.32 Å². The van der Waals surface area contributed by atoms with E-state index in [1.165, 1.54) is 0 Å². The predicted molar refractivity (Wildman–Crippen MR) is 56.1 cm³/mol. The lowest BCUT2D eigenvalue weighted by molar-refractivity contribution is 0.149. The maximum Gasteiger partial charge on any atom is 0.182 e. The molecular weight excluding hydrogens is 184 g/mol. The summed E-state index contributed by atoms with van der Waals surface area (Å²) in [5.74, 6) is 0. The zero-order valence-electron chi connectivity index (χ0n) is 8.08. The second-order valence-corrected chi connectivity index (χ2v) is 4.41. The number of hydrogen-bond acceptors (Lipinski definition) is 4. The van der Waals surface area contributed by atoms with Gasteiger partial charge in [-0.05, 0) is 6.42 Å². The predicted octanol–water partition coefficient (Wildman–Crippen LogP) is 1.96. The minimum Gasteiger partial charge on any atom is -0.396 e. The Balaban J connectivity index is 2.41. The molecule has 1 unspecified atom stereocenters. The van der Waals surface area contributed by atoms with Crippen LogP contribution in [0.4, 0.5) is 5.13 Å². The lowest BCUT2D eigenvalue weighted by Crippen LogP contribution is -2.29. The Kier molecular flexibility index (Phi) is 3.69. The third-order valence-electron chi connectivity index (χ3n) is 2.33. The summed E-state index contributed by atoms with van der Waals surface area (Å²) in [4.78, 5) is 4.11. The molecule has 4 heteroatoms. The van der Waals surface area contributed by atoms with E-state index < -0.39 is 0 Å². The monoisotopic (exact) mass is 200 g/mol. The molecule has 74 valence electrons. The summed E-state index contributed by atoms with van der Waals surface area (Å²) in [5, 5.41) is 15.2. The molecule has 0 aromatic carbocycles. The Morgan fingerprint density at radius 2 is 2.46 bits per heavy atom. The number of aliphatic hydroxyl groups excluding tert-OH is 1. The van der Waals surface area contributed by atoms with E-state index in [1.54, 1.807) is 17.5 Å². The van der Waals surface area contributed by atoms with Crippen molar-refractivity contribution in [3.05, 3.63) is 11.6 Å². The molecule has 2 N–H and O–H groups in total. The van der Waals surface area contributed by atoms with Crippen molar-refractivity contribution in [2.24, 2.45) is 5.41 Å². The summed E-state index contributed by atoms with van der Waals surface area (Å²) in [5.41, 5.74) is -0.0360. The van der Waals surface area contributed by atoms with Crippen molar-refractivity contribution in [1.82, 2.24) is 4.98 Å². The van der Waals surface area contributed by atoms with Crippen molar-refractivity contribution in [3.8, 4) is 0 Å². The van der Waals surface area contributed by atoms with Crippen LogP contribution in [0.5, 0.6) is 0 Å². The second-order valence-electron chi connectivity index (χ2n) is 3.51. The van der Waals surface area contributed by atoms with Gasteiger partial charge in [0.25, 0.3) is 0 Å². The maximum absolute atomic E-state index is 9.16. The summed E-state index contributed by atoms with van der Waals surface area (Å²) in [7, 11) is 0. The van der Waals surface area contributed by atoms with Crippen molar-refractivity contribution >= 4 is 16.5 Å². The van der Waals surface area contributed by atoms with Gasteiger partial charge in [-0.25, -0.2) is 4.98 Å². The van der Waals surface area contributed by atoms with Crippen LogP contribution in [0.3, 0.4) is 0 Å². The average molecular weight is 200 g/mol. The molecule has 0 saturated carbocycles. The Morgan fingerprint density at radius 3 is 2.92 bits per heavy atom. The third-order valence-corrected chi connectivity index (χ3v) is 3.06. The molecule has 0 spiro atoms. The van der Waals surface area contributed by atoms with Gasteiger partial charge in [-0.1, -0.05) is 13.8 Å². The second kappa shape index (κ2) is 4.58. The summed E-state index contributed by atoms with van der Waals surface area (Å²) in [6.07, 6.45) is 2.73. The molecule has 0 fully saturated rings. The van der Waals surface area contributed by atoms with Gasteiger partial charge < -0.3 is 10.4 Å². The SMILES string of the molecule is CCC(C)(CO)CNc1nccs1. The molecule has 1 aromatic heterocycles. The van der Waals surface area contributed by atoms with Crippen LogP contribution >= 0.6 is 11.3 Å². The normalized spacial score (nSPS) is 15.3. The fourth-order valence-corrected chi connectivity index (χ4v) is 1.42. The molecule has 0 bridgehead atoms. The van der Waals surface area contributed by atoms with Crippen molar-refractivity contribution in [2.75, 3.05) is 18.5 Å². The van der Waals surface area contributed by atoms with E-state index >= 15 is 0 Å². The van der Waals surface area contributed by atoms with Gasteiger partial charge >= 0.3 is 0 Å². The Labute approximate surface area is 82.8 Å². The number of rotatable bonds is 5. The molecular formula is C9H16N2OS. The van der Waals surface area contributed by atoms with Crippen molar-refractivity contribution in [2.45, 2.75) is 20.3 Å². The lowest BCUT2D eigenvalue weighted by Gasteiger charge is -2.25. The van der Waals surface area contributed by atoms with Gasteiger partial charge in [0.1, 0.15) is 0 Å². The molecule has 0 saturated heterocycles. The van der Waals surface area contributed by atoms with E-state index in [1.807, 2.05) is 5.38 Å². The van der Waals surface area contributed by atoms with Gasteiger partial charge in [0, 0.05) is 23.5 Å². The zero-order chi connectivity index (χ0) is 9.73. The summed E-state index contributed by atoms with van der Waals surface area (Å²) in [6, 6.07) is 0. The van der Waals surface area contributed by atoms with Crippen LogP contribution in [0.2, 0.25) is 0 Å². The average Bonchev–Trinajstić information content (AvgIpc) is 2.67. The number of nitrogens with zero attached hydrogens (tertiary/aromatic N) is 1. The van der Waals surface area contributed by atoms with E-state index in [0.29, 0.717) is 0 Å². The van der Waals surface area contributed by atoms with E-state index in [4.69, 9.17) is 5.11 Å². The molecule has 1 aromatic rings. The summed E-state index contributed by atoms with van der Waals surface area (Å²) in [6.45, 7) is 5.13. The van der Waals surface area contributed by atoms with Gasteiger partial charge in [-0.2, -0.15) is 0 Å². The highest BCUT2D eigenvalue weighted by atomic mass is 32.1. The molecule has 3 nitrogen and oxygen atoms in total. The van der Waals surface area contributed by atoms with Gasteiger partial charge in [-0.3, -0.25) is 0 Å². The topological polar surface area (TPSA) is 45.1 Å². The number of anilines is 1. The molecule has 0 radical (unpaired) electrons. The van der Waals surface area contributed by atoms with Crippen LogP contribution in [-0.2, 0) is 0 Å². The molecule has 0 aliphatic rings. The molecule has 1 rings (SSSR count). The highest BCUT2D eigenvalue weighted by Crippen LogP contribution is 2.21. The summed E-state index contributed by atoms with van der Waals surface area (Å²) >= 11 is 1.58. The highest BCUT2D eigenvalue weighted by molar-refractivity contribution is 7.13. The Hall–Kier alpha value is -0.610. The van der Waals surface area contributed by atoms with E-state index in [9.17, 15) is 0 Å². The van der Waals surface area contributed by atoms with Crippen LogP contribution in [0.25, 0.3) is 0 Å². The molecule has 0 amide bonds. The quantitative estimate of drug-likeness (QED) is 0.763. The number of hydrogen-bond donors (Lipinski definition) is 2. The molecule has 0 aliphatic heterocycles. The van der Waals surface area contributed by atoms with Gasteiger partial charge in [-0.15, -0.1) is 11.3 Å². The van der Waals surface area contributed by atoms with Crippen LogP contribution in [0.15, 0.2) is 11.6 Å². The number of aliphatic hydroxyl groups is 1. The van der Waals surface area contributed by atoms with Gasteiger partial charge in [0.05, 0.1) is 6.61 Å². The van der Waals surface area contributed by atoms with Gasteiger partial charge in [0.15, 0.2) is 5.13 Å². The fraction of sp³-hybridized carbons (Fsp3) is 0.667.